The number of rotatable bonds is 2. The Morgan fingerprint density at radius 2 is 2.08 bits per heavy atom. The second kappa shape index (κ2) is 5.03. The number of hydrogen-bond acceptors (Lipinski definition) is 1. The van der Waals surface area contributed by atoms with E-state index in [0.717, 1.165) is 10.0 Å². The fraction of sp³-hybridized carbons (Fsp3) is 0.111. The van der Waals surface area contributed by atoms with Gasteiger partial charge in [0.05, 0.1) is 4.47 Å². The van der Waals surface area contributed by atoms with Crippen molar-refractivity contribution in [2.24, 2.45) is 0 Å². The zero-order chi connectivity index (χ0) is 9.84. The van der Waals surface area contributed by atoms with Gasteiger partial charge in [0, 0.05) is 15.9 Å². The summed E-state index contributed by atoms with van der Waals surface area (Å²) in [5.41, 5.74) is 0.738. The molecule has 0 aliphatic heterocycles. The molecule has 0 bridgehead atoms. The van der Waals surface area contributed by atoms with Gasteiger partial charge < -0.3 is 5.11 Å². The van der Waals surface area contributed by atoms with Crippen LogP contribution in [0.4, 0.5) is 0 Å². The van der Waals surface area contributed by atoms with Crippen molar-refractivity contribution in [1.29, 1.82) is 0 Å². The van der Waals surface area contributed by atoms with Crippen LogP contribution in [0.5, 0.6) is 5.75 Å². The standard InChI is InChI=1S/C9H7Br2ClO/c10-7-4-6(2-1-3-12)9(13)8(11)5-7/h1-2,4-5,13H,3H2. The predicted octanol–water partition coefficient (Wildman–Crippen LogP) is 4.17. The molecule has 0 atom stereocenters. The average molecular weight is 326 g/mol. The molecule has 0 aliphatic carbocycles. The Morgan fingerprint density at radius 1 is 1.38 bits per heavy atom. The van der Waals surface area contributed by atoms with Crippen molar-refractivity contribution in [3.05, 3.63) is 32.7 Å². The molecule has 1 N–H and O–H groups in total. The molecule has 0 heterocycles. The number of halogens is 3. The summed E-state index contributed by atoms with van der Waals surface area (Å²) >= 11 is 12.1. The van der Waals surface area contributed by atoms with E-state index in [9.17, 15) is 5.11 Å². The van der Waals surface area contributed by atoms with Crippen molar-refractivity contribution < 1.29 is 5.11 Å². The van der Waals surface area contributed by atoms with E-state index >= 15 is 0 Å². The van der Waals surface area contributed by atoms with Crippen molar-refractivity contribution in [3.8, 4) is 5.75 Å². The molecule has 13 heavy (non-hydrogen) atoms. The molecule has 0 fully saturated rings. The molecule has 0 aliphatic rings. The molecule has 0 saturated carbocycles. The smallest absolute Gasteiger partial charge is 0.137 e. The molecule has 1 aromatic carbocycles. The Labute approximate surface area is 98.7 Å². The summed E-state index contributed by atoms with van der Waals surface area (Å²) in [6, 6.07) is 3.61. The van der Waals surface area contributed by atoms with Crippen LogP contribution in [0.25, 0.3) is 6.08 Å². The van der Waals surface area contributed by atoms with E-state index in [0.29, 0.717) is 10.4 Å². The normalized spacial score (nSPS) is 11.0. The molecule has 1 aromatic rings. The lowest BCUT2D eigenvalue weighted by Gasteiger charge is -2.02. The lowest BCUT2D eigenvalue weighted by Crippen LogP contribution is -1.78. The molecular weight excluding hydrogens is 319 g/mol. The number of phenols is 1. The first-order valence-corrected chi connectivity index (χ1v) is 5.67. The van der Waals surface area contributed by atoms with E-state index in [1.165, 1.54) is 0 Å². The maximum absolute atomic E-state index is 9.59. The van der Waals surface area contributed by atoms with Gasteiger partial charge in [-0.05, 0) is 28.1 Å². The van der Waals surface area contributed by atoms with Crippen molar-refractivity contribution in [2.45, 2.75) is 0 Å². The van der Waals surface area contributed by atoms with Gasteiger partial charge in [0.15, 0.2) is 0 Å². The summed E-state index contributed by atoms with van der Waals surface area (Å²) in [5, 5.41) is 9.59. The van der Waals surface area contributed by atoms with Crippen LogP contribution in [0.1, 0.15) is 5.56 Å². The zero-order valence-electron chi connectivity index (χ0n) is 6.60. The van der Waals surface area contributed by atoms with Crippen LogP contribution < -0.4 is 0 Å². The van der Waals surface area contributed by atoms with Crippen molar-refractivity contribution in [3.63, 3.8) is 0 Å². The van der Waals surface area contributed by atoms with Crippen molar-refractivity contribution in [2.75, 3.05) is 5.88 Å². The fourth-order valence-corrected chi connectivity index (χ4v) is 2.23. The molecule has 70 valence electrons. The summed E-state index contributed by atoms with van der Waals surface area (Å²) in [6.07, 6.45) is 3.55. The third-order valence-corrected chi connectivity index (χ3v) is 2.68. The van der Waals surface area contributed by atoms with Gasteiger partial charge in [0.25, 0.3) is 0 Å². The van der Waals surface area contributed by atoms with Gasteiger partial charge in [-0.1, -0.05) is 28.1 Å². The molecule has 1 rings (SSSR count). The van der Waals surface area contributed by atoms with Gasteiger partial charge in [-0.15, -0.1) is 11.6 Å². The number of benzene rings is 1. The molecule has 0 radical (unpaired) electrons. The Morgan fingerprint density at radius 3 is 2.69 bits per heavy atom. The summed E-state index contributed by atoms with van der Waals surface area (Å²) < 4.78 is 1.57. The summed E-state index contributed by atoms with van der Waals surface area (Å²) in [4.78, 5) is 0. The highest BCUT2D eigenvalue weighted by molar-refractivity contribution is 9.11. The minimum Gasteiger partial charge on any atom is -0.506 e. The molecule has 0 amide bonds. The fourth-order valence-electron chi connectivity index (χ4n) is 0.884. The summed E-state index contributed by atoms with van der Waals surface area (Å²) in [6.45, 7) is 0. The maximum Gasteiger partial charge on any atom is 0.137 e. The molecule has 0 unspecified atom stereocenters. The van der Waals surface area contributed by atoms with Crippen LogP contribution in [0.3, 0.4) is 0 Å². The van der Waals surface area contributed by atoms with Gasteiger partial charge in [-0.3, -0.25) is 0 Å². The van der Waals surface area contributed by atoms with Crippen molar-refractivity contribution in [1.82, 2.24) is 0 Å². The van der Waals surface area contributed by atoms with Crippen molar-refractivity contribution >= 4 is 49.5 Å². The minimum absolute atomic E-state index is 0.226. The number of alkyl halides is 1. The average Bonchev–Trinajstić information content (AvgIpc) is 2.09. The number of allylic oxidation sites excluding steroid dienone is 1. The lowest BCUT2D eigenvalue weighted by atomic mass is 10.2. The van der Waals surface area contributed by atoms with Gasteiger partial charge in [0.1, 0.15) is 5.75 Å². The SMILES string of the molecule is Oc1c(Br)cc(Br)cc1C=CCCl. The Kier molecular flexibility index (Phi) is 4.29. The van der Waals surface area contributed by atoms with Crippen LogP contribution >= 0.6 is 43.5 Å². The predicted molar refractivity (Wildman–Crippen MR) is 63.3 cm³/mol. The number of aromatic hydroxyl groups is 1. The molecule has 4 heteroatoms. The van der Waals surface area contributed by atoms with Crippen LogP contribution in [-0.4, -0.2) is 11.0 Å². The molecule has 0 spiro atoms. The van der Waals surface area contributed by atoms with E-state index in [4.69, 9.17) is 11.6 Å². The molecule has 0 aromatic heterocycles. The van der Waals surface area contributed by atoms with Gasteiger partial charge in [-0.25, -0.2) is 0 Å². The van der Waals surface area contributed by atoms with E-state index in [1.807, 2.05) is 6.07 Å². The first kappa shape index (κ1) is 11.1. The van der Waals surface area contributed by atoms with Crippen LogP contribution in [0.15, 0.2) is 27.2 Å². The first-order chi connectivity index (χ1) is 6.15. The topological polar surface area (TPSA) is 20.2 Å². The molecule has 1 nitrogen and oxygen atoms in total. The van der Waals surface area contributed by atoms with E-state index < -0.39 is 0 Å². The van der Waals surface area contributed by atoms with Gasteiger partial charge in [0.2, 0.25) is 0 Å². The van der Waals surface area contributed by atoms with Gasteiger partial charge in [-0.2, -0.15) is 0 Å². The largest absolute Gasteiger partial charge is 0.506 e. The Balaban J connectivity index is 3.12. The zero-order valence-corrected chi connectivity index (χ0v) is 10.5. The second-order valence-electron chi connectivity index (χ2n) is 2.38. The lowest BCUT2D eigenvalue weighted by molar-refractivity contribution is 0.470. The van der Waals surface area contributed by atoms with E-state index in [1.54, 1.807) is 18.2 Å². The number of hydrogen-bond donors (Lipinski definition) is 1. The number of phenolic OH excluding ortho intramolecular Hbond substituents is 1. The quantitative estimate of drug-likeness (QED) is 0.809. The maximum atomic E-state index is 9.59. The van der Waals surface area contributed by atoms with Crippen LogP contribution in [0, 0.1) is 0 Å². The summed E-state index contributed by atoms with van der Waals surface area (Å²) in [7, 11) is 0. The van der Waals surface area contributed by atoms with Gasteiger partial charge >= 0.3 is 0 Å². The minimum atomic E-state index is 0.226. The highest BCUT2D eigenvalue weighted by Gasteiger charge is 2.03. The van der Waals surface area contributed by atoms with Crippen LogP contribution in [0.2, 0.25) is 0 Å². The van der Waals surface area contributed by atoms with E-state index in [-0.39, 0.29) is 5.75 Å². The first-order valence-electron chi connectivity index (χ1n) is 3.55. The summed E-state index contributed by atoms with van der Waals surface area (Å²) in [5.74, 6) is 0.661. The Bertz CT molecular complexity index is 337. The van der Waals surface area contributed by atoms with E-state index in [2.05, 4.69) is 31.9 Å². The highest BCUT2D eigenvalue weighted by Crippen LogP contribution is 2.32. The van der Waals surface area contributed by atoms with Crippen LogP contribution in [-0.2, 0) is 0 Å². The highest BCUT2D eigenvalue weighted by atomic mass is 79.9. The third kappa shape index (κ3) is 3.01. The third-order valence-electron chi connectivity index (χ3n) is 1.44. The second-order valence-corrected chi connectivity index (χ2v) is 4.46. The monoisotopic (exact) mass is 324 g/mol. The molecular formula is C9H7Br2ClO. The molecule has 0 saturated heterocycles. The Hall–Kier alpha value is 0.01000.